The van der Waals surface area contributed by atoms with Crippen molar-refractivity contribution < 1.29 is 17.9 Å². The van der Waals surface area contributed by atoms with Gasteiger partial charge in [0.05, 0.1) is 18.1 Å². The van der Waals surface area contributed by atoms with E-state index in [9.17, 15) is 13.2 Å². The molecule has 1 N–H and O–H groups in total. The zero-order valence-corrected chi connectivity index (χ0v) is 15.8. The first-order valence-electron chi connectivity index (χ1n) is 8.94. The maximum atomic E-state index is 12.7. The minimum absolute atomic E-state index is 0.0681. The fourth-order valence-corrected chi connectivity index (χ4v) is 4.27. The minimum Gasteiger partial charge on any atom is -0.379 e. The molecule has 1 amide bonds. The zero-order chi connectivity index (χ0) is 18.3. The summed E-state index contributed by atoms with van der Waals surface area (Å²) in [5, 5.41) is 2.95. The van der Waals surface area contributed by atoms with Crippen LogP contribution in [0.5, 0.6) is 0 Å². The molecular weight excluding hydrogens is 340 g/mol. The van der Waals surface area contributed by atoms with Crippen molar-refractivity contribution >= 4 is 15.9 Å². The summed E-state index contributed by atoms with van der Waals surface area (Å²) >= 11 is 0. The molecule has 6 nitrogen and oxygen atoms in total. The van der Waals surface area contributed by atoms with Gasteiger partial charge in [-0.2, -0.15) is 4.31 Å². The van der Waals surface area contributed by atoms with Gasteiger partial charge in [-0.1, -0.05) is 32.3 Å². The summed E-state index contributed by atoms with van der Waals surface area (Å²) in [5.41, 5.74) is 0.372. The van der Waals surface area contributed by atoms with E-state index in [1.165, 1.54) is 16.4 Å². The Bertz CT molecular complexity index is 669. The number of morpholine rings is 1. The van der Waals surface area contributed by atoms with Gasteiger partial charge in [0.1, 0.15) is 0 Å². The lowest BCUT2D eigenvalue weighted by Crippen LogP contribution is -2.40. The fourth-order valence-electron chi connectivity index (χ4n) is 2.81. The van der Waals surface area contributed by atoms with E-state index < -0.39 is 10.0 Å². The molecule has 7 heteroatoms. The second-order valence-corrected chi connectivity index (χ2v) is 8.35. The summed E-state index contributed by atoms with van der Waals surface area (Å²) in [7, 11) is -3.59. The average Bonchev–Trinajstić information content (AvgIpc) is 2.62. The molecule has 1 saturated heterocycles. The summed E-state index contributed by atoms with van der Waals surface area (Å²) in [4.78, 5) is 12.6. The van der Waals surface area contributed by atoms with Crippen LogP contribution >= 0.6 is 0 Å². The normalized spacial score (nSPS) is 17.2. The molecule has 0 radical (unpaired) electrons. The molecule has 1 fully saturated rings. The highest BCUT2D eigenvalue weighted by Gasteiger charge is 2.26. The Morgan fingerprint density at radius 2 is 2.00 bits per heavy atom. The van der Waals surface area contributed by atoms with Crippen LogP contribution in [0.4, 0.5) is 0 Å². The van der Waals surface area contributed by atoms with Gasteiger partial charge >= 0.3 is 0 Å². The molecule has 0 aliphatic carbocycles. The minimum atomic E-state index is -3.59. The van der Waals surface area contributed by atoms with E-state index in [0.717, 1.165) is 25.7 Å². The number of carbonyl (C=O) groups is 1. The Morgan fingerprint density at radius 3 is 2.68 bits per heavy atom. The third kappa shape index (κ3) is 5.52. The van der Waals surface area contributed by atoms with E-state index in [2.05, 4.69) is 12.2 Å². The van der Waals surface area contributed by atoms with Gasteiger partial charge in [-0.25, -0.2) is 8.42 Å². The molecule has 1 aromatic carbocycles. The third-order valence-electron chi connectivity index (χ3n) is 4.32. The van der Waals surface area contributed by atoms with Crippen LogP contribution in [0.2, 0.25) is 0 Å². The van der Waals surface area contributed by atoms with Crippen molar-refractivity contribution in [3.8, 4) is 0 Å². The molecule has 0 bridgehead atoms. The van der Waals surface area contributed by atoms with Crippen molar-refractivity contribution in [3.05, 3.63) is 29.8 Å². The van der Waals surface area contributed by atoms with E-state index >= 15 is 0 Å². The van der Waals surface area contributed by atoms with Gasteiger partial charge in [0.25, 0.3) is 5.91 Å². The molecule has 2 rings (SSSR count). The maximum Gasteiger partial charge on any atom is 0.251 e. The molecular formula is C18H28N2O4S. The number of benzene rings is 1. The molecule has 0 aromatic heterocycles. The molecule has 1 aromatic rings. The highest BCUT2D eigenvalue weighted by molar-refractivity contribution is 7.89. The van der Waals surface area contributed by atoms with Crippen LogP contribution in [0.3, 0.4) is 0 Å². The van der Waals surface area contributed by atoms with Gasteiger partial charge in [-0.3, -0.25) is 4.79 Å². The van der Waals surface area contributed by atoms with Crippen molar-refractivity contribution in [2.45, 2.75) is 50.5 Å². The fraction of sp³-hybridized carbons (Fsp3) is 0.611. The van der Waals surface area contributed by atoms with Crippen LogP contribution in [-0.4, -0.2) is 51.0 Å². The van der Waals surface area contributed by atoms with Crippen molar-refractivity contribution in [3.63, 3.8) is 0 Å². The van der Waals surface area contributed by atoms with E-state index in [1.807, 2.05) is 6.92 Å². The summed E-state index contributed by atoms with van der Waals surface area (Å²) in [6.07, 6.45) is 4.28. The van der Waals surface area contributed by atoms with Crippen molar-refractivity contribution in [1.29, 1.82) is 0 Å². The Labute approximate surface area is 150 Å². The van der Waals surface area contributed by atoms with Crippen LogP contribution in [-0.2, 0) is 14.8 Å². The predicted octanol–water partition coefficient (Wildman–Crippen LogP) is 2.41. The third-order valence-corrected chi connectivity index (χ3v) is 6.22. The number of hydrogen-bond acceptors (Lipinski definition) is 4. The van der Waals surface area contributed by atoms with Crippen molar-refractivity contribution in [1.82, 2.24) is 9.62 Å². The summed E-state index contributed by atoms with van der Waals surface area (Å²) < 4.78 is 32.0. The molecule has 1 heterocycles. The largest absolute Gasteiger partial charge is 0.379 e. The molecule has 0 unspecified atom stereocenters. The first kappa shape index (κ1) is 19.9. The average molecular weight is 368 g/mol. The van der Waals surface area contributed by atoms with E-state index in [0.29, 0.717) is 31.9 Å². The van der Waals surface area contributed by atoms with E-state index in [4.69, 9.17) is 4.74 Å². The van der Waals surface area contributed by atoms with Crippen LogP contribution < -0.4 is 5.32 Å². The summed E-state index contributed by atoms with van der Waals surface area (Å²) in [6, 6.07) is 6.32. The van der Waals surface area contributed by atoms with Gasteiger partial charge in [-0.15, -0.1) is 0 Å². The van der Waals surface area contributed by atoms with Gasteiger partial charge < -0.3 is 10.1 Å². The Hall–Kier alpha value is -1.44. The summed E-state index contributed by atoms with van der Waals surface area (Å²) in [6.45, 7) is 5.59. The van der Waals surface area contributed by atoms with Gasteiger partial charge in [0.2, 0.25) is 10.0 Å². The first-order valence-corrected chi connectivity index (χ1v) is 10.4. The van der Waals surface area contributed by atoms with Crippen LogP contribution in [0.15, 0.2) is 29.2 Å². The van der Waals surface area contributed by atoms with Gasteiger partial charge in [-0.05, 0) is 31.5 Å². The van der Waals surface area contributed by atoms with Crippen molar-refractivity contribution in [2.75, 3.05) is 26.3 Å². The maximum absolute atomic E-state index is 12.7. The van der Waals surface area contributed by atoms with E-state index in [1.54, 1.807) is 12.1 Å². The summed E-state index contributed by atoms with van der Waals surface area (Å²) in [5.74, 6) is -0.233. The molecule has 25 heavy (non-hydrogen) atoms. The number of carbonyl (C=O) groups excluding carboxylic acids is 1. The topological polar surface area (TPSA) is 75.7 Å². The standard InChI is InChI=1S/C18H28N2O4S/c1-3-4-5-7-15(2)19-18(21)16-8-6-9-17(14-16)25(22,23)20-10-12-24-13-11-20/h6,8-9,14-15H,3-5,7,10-13H2,1-2H3,(H,19,21)/t15-/m1/s1. The molecule has 1 atom stereocenters. The van der Waals surface area contributed by atoms with Gasteiger partial charge in [0, 0.05) is 24.7 Å². The second-order valence-electron chi connectivity index (χ2n) is 6.41. The van der Waals surface area contributed by atoms with Crippen LogP contribution in [0.1, 0.15) is 49.9 Å². The van der Waals surface area contributed by atoms with Gasteiger partial charge in [0.15, 0.2) is 0 Å². The predicted molar refractivity (Wildman–Crippen MR) is 97.1 cm³/mol. The Morgan fingerprint density at radius 1 is 1.28 bits per heavy atom. The van der Waals surface area contributed by atoms with Crippen LogP contribution in [0, 0.1) is 0 Å². The highest BCUT2D eigenvalue weighted by atomic mass is 32.2. The number of nitrogens with one attached hydrogen (secondary N) is 1. The smallest absolute Gasteiger partial charge is 0.251 e. The first-order chi connectivity index (χ1) is 11.9. The second kappa shape index (κ2) is 9.31. The number of unbranched alkanes of at least 4 members (excludes halogenated alkanes) is 2. The highest BCUT2D eigenvalue weighted by Crippen LogP contribution is 2.18. The lowest BCUT2D eigenvalue weighted by molar-refractivity contribution is 0.0730. The Balaban J connectivity index is 2.06. The lowest BCUT2D eigenvalue weighted by Gasteiger charge is -2.26. The number of sulfonamides is 1. The SMILES string of the molecule is CCCCC[C@@H](C)NC(=O)c1cccc(S(=O)(=O)N2CCOCC2)c1. The molecule has 0 saturated carbocycles. The lowest BCUT2D eigenvalue weighted by atomic mass is 10.1. The molecule has 0 spiro atoms. The monoisotopic (exact) mass is 368 g/mol. The quantitative estimate of drug-likeness (QED) is 0.715. The van der Waals surface area contributed by atoms with Crippen molar-refractivity contribution in [2.24, 2.45) is 0 Å². The molecule has 1 aliphatic rings. The number of nitrogens with zero attached hydrogens (tertiary/aromatic N) is 1. The number of rotatable bonds is 8. The van der Waals surface area contributed by atoms with Crippen LogP contribution in [0.25, 0.3) is 0 Å². The number of hydrogen-bond donors (Lipinski definition) is 1. The number of ether oxygens (including phenoxy) is 1. The Kier molecular flexibility index (Phi) is 7.40. The molecule has 1 aliphatic heterocycles. The molecule has 140 valence electrons. The number of amides is 1. The van der Waals surface area contributed by atoms with E-state index in [-0.39, 0.29) is 16.8 Å². The zero-order valence-electron chi connectivity index (χ0n) is 15.0.